The zero-order chi connectivity index (χ0) is 15.9. The molecule has 0 aromatic carbocycles. The van der Waals surface area contributed by atoms with Gasteiger partial charge in [-0.2, -0.15) is 0 Å². The molecule has 10 atom stereocenters. The van der Waals surface area contributed by atoms with Crippen LogP contribution in [0.2, 0.25) is 0 Å². The largest absolute Gasteiger partial charge is 0.388 e. The number of aliphatic hydroxyl groups is 6. The Labute approximate surface area is 121 Å². The maximum Gasteiger partial charge on any atom is 0.187 e. The standard InChI is InChI=1S/C12H22O9/c1-3-6(14)8(16)10(11(18)19-3)21-12-9(17)7(15)5(13)4(2)20-12/h3-18H,1-2H3/t3-,4-,5+,6-,7+,8+,9-,10+,11+,12+/m0/s1. The first kappa shape index (κ1) is 17.0. The Bertz CT molecular complexity index is 354. The molecule has 0 aromatic rings. The summed E-state index contributed by atoms with van der Waals surface area (Å²) >= 11 is 0. The van der Waals surface area contributed by atoms with Gasteiger partial charge in [0.1, 0.15) is 36.6 Å². The second-order valence-corrected chi connectivity index (χ2v) is 5.50. The molecular weight excluding hydrogens is 288 g/mol. The molecule has 0 spiro atoms. The molecule has 124 valence electrons. The highest BCUT2D eigenvalue weighted by Crippen LogP contribution is 2.28. The van der Waals surface area contributed by atoms with Gasteiger partial charge in [0.2, 0.25) is 0 Å². The predicted octanol–water partition coefficient (Wildman–Crippen LogP) is -3.34. The first-order valence-electron chi connectivity index (χ1n) is 6.78. The number of aliphatic hydroxyl groups excluding tert-OH is 6. The second-order valence-electron chi connectivity index (χ2n) is 5.50. The maximum absolute atomic E-state index is 9.91. The van der Waals surface area contributed by atoms with Crippen molar-refractivity contribution in [2.24, 2.45) is 0 Å². The smallest absolute Gasteiger partial charge is 0.187 e. The van der Waals surface area contributed by atoms with E-state index in [4.69, 9.17) is 14.2 Å². The molecule has 2 aliphatic heterocycles. The SMILES string of the molecule is C[C@@H]1O[C@@H](O)[C@H](O[C@H]2O[C@@H](C)[C@@H](O)[C@@H](O)[C@@H]2O)[C@H](O)[C@H]1O. The second kappa shape index (κ2) is 6.41. The molecule has 2 aliphatic rings. The van der Waals surface area contributed by atoms with Crippen LogP contribution >= 0.6 is 0 Å². The highest BCUT2D eigenvalue weighted by molar-refractivity contribution is 4.91. The van der Waals surface area contributed by atoms with E-state index in [0.29, 0.717) is 0 Å². The quantitative estimate of drug-likeness (QED) is 0.308. The van der Waals surface area contributed by atoms with Gasteiger partial charge in [-0.3, -0.25) is 0 Å². The third-order valence-electron chi connectivity index (χ3n) is 3.90. The van der Waals surface area contributed by atoms with Gasteiger partial charge in [-0.25, -0.2) is 0 Å². The van der Waals surface area contributed by atoms with Crippen LogP contribution in [0.25, 0.3) is 0 Å². The monoisotopic (exact) mass is 310 g/mol. The van der Waals surface area contributed by atoms with Gasteiger partial charge in [0.15, 0.2) is 12.6 Å². The molecular formula is C12H22O9. The summed E-state index contributed by atoms with van der Waals surface area (Å²) in [6, 6.07) is 0. The Morgan fingerprint density at radius 3 is 1.81 bits per heavy atom. The lowest BCUT2D eigenvalue weighted by atomic mass is 9.98. The van der Waals surface area contributed by atoms with Crippen LogP contribution in [0.15, 0.2) is 0 Å². The first-order chi connectivity index (χ1) is 9.73. The Kier molecular flexibility index (Phi) is 5.19. The van der Waals surface area contributed by atoms with Gasteiger partial charge in [0.05, 0.1) is 12.2 Å². The van der Waals surface area contributed by atoms with Crippen molar-refractivity contribution in [3.63, 3.8) is 0 Å². The van der Waals surface area contributed by atoms with Crippen molar-refractivity contribution in [2.75, 3.05) is 0 Å². The summed E-state index contributed by atoms with van der Waals surface area (Å²) in [5.74, 6) is 0. The average molecular weight is 310 g/mol. The van der Waals surface area contributed by atoms with E-state index in [0.717, 1.165) is 0 Å². The number of rotatable bonds is 2. The summed E-state index contributed by atoms with van der Waals surface area (Å²) in [6.07, 6.45) is -13.0. The molecule has 0 aliphatic carbocycles. The number of hydrogen-bond acceptors (Lipinski definition) is 9. The third kappa shape index (κ3) is 3.21. The van der Waals surface area contributed by atoms with E-state index in [2.05, 4.69) is 0 Å². The van der Waals surface area contributed by atoms with Crippen LogP contribution in [0.3, 0.4) is 0 Å². The lowest BCUT2D eigenvalue weighted by Crippen LogP contribution is -2.62. The van der Waals surface area contributed by atoms with Crippen LogP contribution in [0.1, 0.15) is 13.8 Å². The molecule has 9 nitrogen and oxygen atoms in total. The summed E-state index contributed by atoms with van der Waals surface area (Å²) in [5, 5.41) is 58.5. The van der Waals surface area contributed by atoms with Crippen molar-refractivity contribution in [3.8, 4) is 0 Å². The average Bonchev–Trinajstić information content (AvgIpc) is 2.44. The summed E-state index contributed by atoms with van der Waals surface area (Å²) < 4.78 is 15.5. The fourth-order valence-corrected chi connectivity index (χ4v) is 2.45. The summed E-state index contributed by atoms with van der Waals surface area (Å²) in [5.41, 5.74) is 0. The number of ether oxygens (including phenoxy) is 3. The van der Waals surface area contributed by atoms with Gasteiger partial charge in [0.25, 0.3) is 0 Å². The normalized spacial score (nSPS) is 55.4. The molecule has 2 rings (SSSR count). The van der Waals surface area contributed by atoms with E-state index in [9.17, 15) is 30.6 Å². The Morgan fingerprint density at radius 1 is 0.667 bits per heavy atom. The molecule has 2 heterocycles. The van der Waals surface area contributed by atoms with Crippen LogP contribution < -0.4 is 0 Å². The molecule has 0 amide bonds. The topological polar surface area (TPSA) is 149 Å². The van der Waals surface area contributed by atoms with Crippen LogP contribution in [-0.2, 0) is 14.2 Å². The van der Waals surface area contributed by atoms with E-state index in [-0.39, 0.29) is 0 Å². The molecule has 0 aromatic heterocycles. The van der Waals surface area contributed by atoms with Crippen molar-refractivity contribution in [2.45, 2.75) is 75.3 Å². The summed E-state index contributed by atoms with van der Waals surface area (Å²) in [7, 11) is 0. The molecule has 9 heteroatoms. The Hall–Kier alpha value is -0.360. The van der Waals surface area contributed by atoms with E-state index >= 15 is 0 Å². The molecule has 0 unspecified atom stereocenters. The highest BCUT2D eigenvalue weighted by Gasteiger charge is 2.48. The molecule has 21 heavy (non-hydrogen) atoms. The van der Waals surface area contributed by atoms with Crippen LogP contribution in [0, 0.1) is 0 Å². The summed E-state index contributed by atoms with van der Waals surface area (Å²) in [4.78, 5) is 0. The van der Waals surface area contributed by atoms with E-state index in [1.807, 2.05) is 0 Å². The molecule has 2 saturated heterocycles. The van der Waals surface area contributed by atoms with Gasteiger partial charge in [-0.15, -0.1) is 0 Å². The van der Waals surface area contributed by atoms with E-state index in [1.54, 1.807) is 0 Å². The van der Waals surface area contributed by atoms with Crippen LogP contribution in [0.4, 0.5) is 0 Å². The van der Waals surface area contributed by atoms with Gasteiger partial charge in [0, 0.05) is 0 Å². The van der Waals surface area contributed by atoms with Gasteiger partial charge < -0.3 is 44.8 Å². The van der Waals surface area contributed by atoms with Crippen molar-refractivity contribution in [1.82, 2.24) is 0 Å². The maximum atomic E-state index is 9.91. The van der Waals surface area contributed by atoms with Gasteiger partial charge in [-0.1, -0.05) is 0 Å². The van der Waals surface area contributed by atoms with E-state index in [1.165, 1.54) is 13.8 Å². The molecule has 0 radical (unpaired) electrons. The fraction of sp³-hybridized carbons (Fsp3) is 1.00. The van der Waals surface area contributed by atoms with Crippen LogP contribution in [0.5, 0.6) is 0 Å². The fourth-order valence-electron chi connectivity index (χ4n) is 2.45. The minimum atomic E-state index is -1.58. The van der Waals surface area contributed by atoms with Crippen molar-refractivity contribution in [1.29, 1.82) is 0 Å². The first-order valence-corrected chi connectivity index (χ1v) is 6.78. The number of hydrogen-bond donors (Lipinski definition) is 6. The minimum Gasteiger partial charge on any atom is -0.388 e. The molecule has 0 saturated carbocycles. The van der Waals surface area contributed by atoms with Crippen molar-refractivity contribution >= 4 is 0 Å². The molecule has 2 fully saturated rings. The van der Waals surface area contributed by atoms with Crippen molar-refractivity contribution in [3.05, 3.63) is 0 Å². The predicted molar refractivity (Wildman–Crippen MR) is 65.8 cm³/mol. The molecule has 6 N–H and O–H groups in total. The lowest BCUT2D eigenvalue weighted by molar-refractivity contribution is -0.356. The zero-order valence-electron chi connectivity index (χ0n) is 11.7. The van der Waals surface area contributed by atoms with E-state index < -0.39 is 61.4 Å². The highest BCUT2D eigenvalue weighted by atomic mass is 16.7. The van der Waals surface area contributed by atoms with Gasteiger partial charge >= 0.3 is 0 Å². The summed E-state index contributed by atoms with van der Waals surface area (Å²) in [6.45, 7) is 2.94. The Balaban J connectivity index is 2.06. The van der Waals surface area contributed by atoms with Crippen LogP contribution in [-0.4, -0.2) is 92.1 Å². The van der Waals surface area contributed by atoms with Crippen molar-refractivity contribution < 1.29 is 44.8 Å². The molecule has 0 bridgehead atoms. The zero-order valence-corrected chi connectivity index (χ0v) is 11.7. The Morgan fingerprint density at radius 2 is 1.19 bits per heavy atom. The third-order valence-corrected chi connectivity index (χ3v) is 3.90. The minimum absolute atomic E-state index is 0.793. The van der Waals surface area contributed by atoms with Gasteiger partial charge in [-0.05, 0) is 13.8 Å². The lowest BCUT2D eigenvalue weighted by Gasteiger charge is -2.44.